The number of carbonyl (C=O) groups excluding carboxylic acids is 2. The van der Waals surface area contributed by atoms with Crippen molar-refractivity contribution in [1.82, 2.24) is 15.5 Å². The van der Waals surface area contributed by atoms with Gasteiger partial charge < -0.3 is 14.6 Å². The topological polar surface area (TPSA) is 94.3 Å². The molecule has 0 radical (unpaired) electrons. The van der Waals surface area contributed by atoms with Crippen LogP contribution in [-0.4, -0.2) is 28.1 Å². The molecule has 1 amide bonds. The monoisotopic (exact) mass is 305 g/mol. The van der Waals surface area contributed by atoms with Gasteiger partial charge in [-0.05, 0) is 30.7 Å². The predicted octanol–water partition coefficient (Wildman–Crippen LogP) is 1.20. The summed E-state index contributed by atoms with van der Waals surface area (Å²) < 4.78 is 22.8. The zero-order valence-corrected chi connectivity index (χ0v) is 11.4. The number of benzene rings is 1. The Morgan fingerprint density at radius 2 is 2.18 bits per heavy atom. The Morgan fingerprint density at radius 3 is 2.86 bits per heavy atom. The van der Waals surface area contributed by atoms with Gasteiger partial charge in [0, 0.05) is 12.0 Å². The largest absolute Gasteiger partial charge is 0.454 e. The standard InChI is InChI=1S/C14H12FN3O4/c15-9-3-1-8(2-4-9)13-17-12(22-18-13)7-21-14(20)10-5-6-11(19)16-10/h1-4,10H,5-7H2,(H,16,19). The van der Waals surface area contributed by atoms with Crippen LogP contribution in [-0.2, 0) is 20.9 Å². The smallest absolute Gasteiger partial charge is 0.329 e. The van der Waals surface area contributed by atoms with E-state index in [2.05, 4.69) is 15.5 Å². The average Bonchev–Trinajstić information content (AvgIpc) is 3.15. The summed E-state index contributed by atoms with van der Waals surface area (Å²) in [5.41, 5.74) is 0.589. The number of hydrogen-bond acceptors (Lipinski definition) is 6. The quantitative estimate of drug-likeness (QED) is 0.853. The number of amides is 1. The van der Waals surface area contributed by atoms with Crippen molar-refractivity contribution >= 4 is 11.9 Å². The number of rotatable bonds is 4. The van der Waals surface area contributed by atoms with E-state index in [0.29, 0.717) is 18.4 Å². The Hall–Kier alpha value is -2.77. The first kappa shape index (κ1) is 14.2. The number of carbonyl (C=O) groups is 2. The molecule has 7 nitrogen and oxygen atoms in total. The minimum absolute atomic E-state index is 0.122. The molecule has 22 heavy (non-hydrogen) atoms. The molecule has 0 saturated carbocycles. The van der Waals surface area contributed by atoms with Gasteiger partial charge in [-0.3, -0.25) is 4.79 Å². The second-order valence-electron chi connectivity index (χ2n) is 4.79. The molecule has 2 heterocycles. The lowest BCUT2D eigenvalue weighted by Crippen LogP contribution is -2.34. The predicted molar refractivity (Wildman–Crippen MR) is 70.7 cm³/mol. The molecule has 1 N–H and O–H groups in total. The van der Waals surface area contributed by atoms with Crippen LogP contribution in [0.5, 0.6) is 0 Å². The highest BCUT2D eigenvalue weighted by Gasteiger charge is 2.28. The number of hydrogen-bond donors (Lipinski definition) is 1. The fourth-order valence-corrected chi connectivity index (χ4v) is 2.05. The van der Waals surface area contributed by atoms with Crippen LogP contribution in [0.25, 0.3) is 11.4 Å². The van der Waals surface area contributed by atoms with E-state index in [1.807, 2.05) is 0 Å². The molecule has 1 aromatic heterocycles. The second kappa shape index (κ2) is 5.92. The summed E-state index contributed by atoms with van der Waals surface area (Å²) in [6, 6.07) is 4.99. The number of nitrogens with zero attached hydrogens (tertiary/aromatic N) is 2. The molecule has 1 fully saturated rings. The summed E-state index contributed by atoms with van der Waals surface area (Å²) in [6.45, 7) is -0.181. The Bertz CT molecular complexity index is 698. The summed E-state index contributed by atoms with van der Waals surface area (Å²) >= 11 is 0. The minimum Gasteiger partial charge on any atom is -0.454 e. The third-order valence-electron chi connectivity index (χ3n) is 3.19. The molecule has 1 aliphatic rings. The van der Waals surface area contributed by atoms with Crippen LogP contribution in [0.2, 0.25) is 0 Å². The first-order chi connectivity index (χ1) is 10.6. The van der Waals surface area contributed by atoms with Crippen molar-refractivity contribution < 1.29 is 23.2 Å². The zero-order chi connectivity index (χ0) is 15.5. The van der Waals surface area contributed by atoms with Gasteiger partial charge in [0.05, 0.1) is 0 Å². The number of ether oxygens (including phenoxy) is 1. The van der Waals surface area contributed by atoms with Crippen molar-refractivity contribution in [2.75, 3.05) is 0 Å². The van der Waals surface area contributed by atoms with Crippen LogP contribution in [0.3, 0.4) is 0 Å². The maximum absolute atomic E-state index is 12.8. The summed E-state index contributed by atoms with van der Waals surface area (Å²) in [5, 5.41) is 6.24. The first-order valence-electron chi connectivity index (χ1n) is 6.66. The maximum atomic E-state index is 12.8. The maximum Gasteiger partial charge on any atom is 0.329 e. The van der Waals surface area contributed by atoms with Crippen molar-refractivity contribution in [1.29, 1.82) is 0 Å². The van der Waals surface area contributed by atoms with Crippen LogP contribution in [0.4, 0.5) is 4.39 Å². The molecule has 1 aromatic carbocycles. The third-order valence-corrected chi connectivity index (χ3v) is 3.19. The average molecular weight is 305 g/mol. The van der Waals surface area contributed by atoms with E-state index in [1.165, 1.54) is 24.3 Å². The third kappa shape index (κ3) is 3.11. The van der Waals surface area contributed by atoms with Crippen LogP contribution >= 0.6 is 0 Å². The van der Waals surface area contributed by atoms with E-state index in [0.717, 1.165) is 0 Å². The molecule has 114 valence electrons. The van der Waals surface area contributed by atoms with Crippen LogP contribution in [0, 0.1) is 5.82 Å². The first-order valence-corrected chi connectivity index (χ1v) is 6.66. The van der Waals surface area contributed by atoms with E-state index in [4.69, 9.17) is 9.26 Å². The van der Waals surface area contributed by atoms with E-state index >= 15 is 0 Å². The molecule has 0 bridgehead atoms. The van der Waals surface area contributed by atoms with Crippen LogP contribution in [0.15, 0.2) is 28.8 Å². The van der Waals surface area contributed by atoms with Gasteiger partial charge in [-0.1, -0.05) is 5.16 Å². The van der Waals surface area contributed by atoms with E-state index in [1.54, 1.807) is 0 Å². The Kier molecular flexibility index (Phi) is 3.82. The van der Waals surface area contributed by atoms with Gasteiger partial charge in [0.15, 0.2) is 6.61 Å². The summed E-state index contributed by atoms with van der Waals surface area (Å²) in [5.74, 6) is -0.664. The molecular weight excluding hydrogens is 293 g/mol. The highest BCUT2D eigenvalue weighted by atomic mass is 19.1. The van der Waals surface area contributed by atoms with Crippen LogP contribution < -0.4 is 5.32 Å². The van der Waals surface area contributed by atoms with Crippen molar-refractivity contribution in [3.8, 4) is 11.4 Å². The summed E-state index contributed by atoms with van der Waals surface area (Å²) in [7, 11) is 0. The normalized spacial score (nSPS) is 17.3. The molecule has 1 atom stereocenters. The highest BCUT2D eigenvalue weighted by molar-refractivity contribution is 5.87. The van der Waals surface area contributed by atoms with Gasteiger partial charge >= 0.3 is 5.97 Å². The zero-order valence-electron chi connectivity index (χ0n) is 11.4. The molecule has 1 unspecified atom stereocenters. The van der Waals surface area contributed by atoms with E-state index in [-0.39, 0.29) is 30.0 Å². The molecule has 0 spiro atoms. The number of esters is 1. The van der Waals surface area contributed by atoms with E-state index < -0.39 is 12.0 Å². The lowest BCUT2D eigenvalue weighted by Gasteiger charge is -2.07. The van der Waals surface area contributed by atoms with Gasteiger partial charge in [0.1, 0.15) is 11.9 Å². The Morgan fingerprint density at radius 1 is 1.41 bits per heavy atom. The minimum atomic E-state index is -0.619. The van der Waals surface area contributed by atoms with Gasteiger partial charge in [-0.2, -0.15) is 4.98 Å². The fourth-order valence-electron chi connectivity index (χ4n) is 2.05. The summed E-state index contributed by atoms with van der Waals surface area (Å²) in [4.78, 5) is 26.8. The number of nitrogens with one attached hydrogen (secondary N) is 1. The van der Waals surface area contributed by atoms with Crippen molar-refractivity contribution in [3.05, 3.63) is 36.0 Å². The number of halogens is 1. The Balaban J connectivity index is 1.59. The fraction of sp³-hybridized carbons (Fsp3) is 0.286. The SMILES string of the molecule is O=C1CCC(C(=O)OCc2nc(-c3ccc(F)cc3)no2)N1. The molecule has 1 aliphatic heterocycles. The van der Waals surface area contributed by atoms with Crippen molar-refractivity contribution in [2.24, 2.45) is 0 Å². The molecule has 1 saturated heterocycles. The van der Waals surface area contributed by atoms with Gasteiger partial charge in [0.2, 0.25) is 11.7 Å². The molecule has 2 aromatic rings. The summed E-state index contributed by atoms with van der Waals surface area (Å²) in [6.07, 6.45) is 0.734. The van der Waals surface area contributed by atoms with Gasteiger partial charge in [0.25, 0.3) is 5.89 Å². The molecule has 3 rings (SSSR count). The lowest BCUT2D eigenvalue weighted by atomic mass is 10.2. The highest BCUT2D eigenvalue weighted by Crippen LogP contribution is 2.16. The van der Waals surface area contributed by atoms with Crippen molar-refractivity contribution in [3.63, 3.8) is 0 Å². The second-order valence-corrected chi connectivity index (χ2v) is 4.79. The lowest BCUT2D eigenvalue weighted by molar-refractivity contribution is -0.148. The molecule has 8 heteroatoms. The van der Waals surface area contributed by atoms with Crippen LogP contribution in [0.1, 0.15) is 18.7 Å². The van der Waals surface area contributed by atoms with Crippen molar-refractivity contribution in [2.45, 2.75) is 25.5 Å². The van der Waals surface area contributed by atoms with E-state index in [9.17, 15) is 14.0 Å². The molecular formula is C14H12FN3O4. The van der Waals surface area contributed by atoms with Gasteiger partial charge in [-0.15, -0.1) is 0 Å². The number of aromatic nitrogens is 2. The van der Waals surface area contributed by atoms with Gasteiger partial charge in [-0.25, -0.2) is 9.18 Å². The Labute approximate surface area is 124 Å². The molecule has 0 aliphatic carbocycles.